The van der Waals surface area contributed by atoms with Gasteiger partial charge in [-0.25, -0.2) is 0 Å². The average molecular weight is 433 g/mol. The molecule has 0 atom stereocenters. The molecule has 3 rings (SSSR count). The molecule has 162 valence electrons. The van der Waals surface area contributed by atoms with Gasteiger partial charge in [-0.1, -0.05) is 23.7 Å². The number of halogens is 1. The largest absolute Gasteiger partial charge is 0.493 e. The van der Waals surface area contributed by atoms with Gasteiger partial charge >= 0.3 is 0 Å². The lowest BCUT2D eigenvalue weighted by Crippen LogP contribution is -2.40. The minimum absolute atomic E-state index is 0.0256. The van der Waals surface area contributed by atoms with Crippen molar-refractivity contribution >= 4 is 17.5 Å². The Morgan fingerprint density at radius 1 is 1.00 bits per heavy atom. The summed E-state index contributed by atoms with van der Waals surface area (Å²) in [5.74, 6) is 1.81. The van der Waals surface area contributed by atoms with Crippen LogP contribution in [0.1, 0.15) is 24.0 Å². The van der Waals surface area contributed by atoms with Gasteiger partial charge in [0.1, 0.15) is 0 Å². The van der Waals surface area contributed by atoms with Gasteiger partial charge in [0.05, 0.1) is 21.3 Å². The number of methoxy groups -OCH3 is 3. The molecule has 1 heterocycles. The lowest BCUT2D eigenvalue weighted by atomic mass is 9.95. The van der Waals surface area contributed by atoms with Crippen LogP contribution in [0.15, 0.2) is 36.4 Å². The van der Waals surface area contributed by atoms with Crippen molar-refractivity contribution in [2.75, 3.05) is 34.4 Å². The first-order chi connectivity index (χ1) is 14.5. The van der Waals surface area contributed by atoms with E-state index in [4.69, 9.17) is 25.8 Å². The summed E-state index contributed by atoms with van der Waals surface area (Å²) in [6.07, 6.45) is 1.70. The molecule has 1 amide bonds. The molecule has 30 heavy (non-hydrogen) atoms. The summed E-state index contributed by atoms with van der Waals surface area (Å²) in [4.78, 5) is 15.1. The van der Waals surface area contributed by atoms with Gasteiger partial charge in [0.15, 0.2) is 11.5 Å². The third-order valence-corrected chi connectivity index (χ3v) is 5.77. The van der Waals surface area contributed by atoms with Crippen molar-refractivity contribution in [3.8, 4) is 17.2 Å². The van der Waals surface area contributed by atoms with E-state index in [0.29, 0.717) is 23.8 Å². The molecule has 6 nitrogen and oxygen atoms in total. The van der Waals surface area contributed by atoms with E-state index in [0.717, 1.165) is 43.1 Å². The fourth-order valence-corrected chi connectivity index (χ4v) is 3.96. The molecule has 1 saturated heterocycles. The van der Waals surface area contributed by atoms with E-state index < -0.39 is 0 Å². The van der Waals surface area contributed by atoms with Crippen LogP contribution in [0.3, 0.4) is 0 Å². The molecule has 0 spiro atoms. The second-order valence-corrected chi connectivity index (χ2v) is 7.82. The first-order valence-electron chi connectivity index (χ1n) is 10.1. The number of piperidine rings is 1. The van der Waals surface area contributed by atoms with Crippen LogP contribution < -0.4 is 19.5 Å². The highest BCUT2D eigenvalue weighted by Gasteiger charge is 2.25. The predicted octanol–water partition coefficient (Wildman–Crippen LogP) is 3.89. The minimum atomic E-state index is 0.0256. The van der Waals surface area contributed by atoms with Gasteiger partial charge in [-0.05, 0) is 55.8 Å². The molecule has 0 aliphatic carbocycles. The molecule has 1 N–H and O–H groups in total. The predicted molar refractivity (Wildman–Crippen MR) is 117 cm³/mol. The lowest BCUT2D eigenvalue weighted by molar-refractivity contribution is -0.126. The van der Waals surface area contributed by atoms with E-state index >= 15 is 0 Å². The summed E-state index contributed by atoms with van der Waals surface area (Å²) in [5, 5.41) is 3.80. The maximum Gasteiger partial charge on any atom is 0.223 e. The Morgan fingerprint density at radius 2 is 1.67 bits per heavy atom. The van der Waals surface area contributed by atoms with Crippen LogP contribution >= 0.6 is 11.6 Å². The Kier molecular flexibility index (Phi) is 7.82. The molecule has 2 aromatic rings. The van der Waals surface area contributed by atoms with Gasteiger partial charge < -0.3 is 19.5 Å². The maximum atomic E-state index is 12.7. The number of carbonyl (C=O) groups excluding carboxylic acids is 1. The molecule has 1 aliphatic heterocycles. The summed E-state index contributed by atoms with van der Waals surface area (Å²) in [5.41, 5.74) is 2.09. The van der Waals surface area contributed by atoms with Gasteiger partial charge in [-0.15, -0.1) is 0 Å². The van der Waals surface area contributed by atoms with Crippen molar-refractivity contribution < 1.29 is 19.0 Å². The van der Waals surface area contributed by atoms with E-state index in [-0.39, 0.29) is 11.8 Å². The van der Waals surface area contributed by atoms with Crippen molar-refractivity contribution in [3.63, 3.8) is 0 Å². The van der Waals surface area contributed by atoms with Crippen molar-refractivity contribution in [2.45, 2.75) is 25.9 Å². The van der Waals surface area contributed by atoms with E-state index in [2.05, 4.69) is 22.3 Å². The van der Waals surface area contributed by atoms with Crippen molar-refractivity contribution in [1.29, 1.82) is 0 Å². The second-order valence-electron chi connectivity index (χ2n) is 7.39. The van der Waals surface area contributed by atoms with E-state index in [9.17, 15) is 4.79 Å². The monoisotopic (exact) mass is 432 g/mol. The van der Waals surface area contributed by atoms with Crippen LogP contribution in [0.25, 0.3) is 0 Å². The molecular weight excluding hydrogens is 404 g/mol. The maximum absolute atomic E-state index is 12.7. The summed E-state index contributed by atoms with van der Waals surface area (Å²) >= 11 is 5.95. The SMILES string of the molecule is COc1ccc(CNC(=O)C2CCN(Cc3ccc(Cl)cc3)CC2)c(OC)c1OC. The molecule has 1 aliphatic rings. The number of hydrogen-bond acceptors (Lipinski definition) is 5. The molecule has 0 radical (unpaired) electrons. The number of carbonyl (C=O) groups is 1. The van der Waals surface area contributed by atoms with Gasteiger partial charge in [-0.2, -0.15) is 0 Å². The third-order valence-electron chi connectivity index (χ3n) is 5.52. The standard InChI is InChI=1S/C23H29ClN2O4/c1-28-20-9-6-18(21(29-2)22(20)30-3)14-25-23(27)17-10-12-26(13-11-17)15-16-4-7-19(24)8-5-16/h4-9,17H,10-15H2,1-3H3,(H,25,27). The molecule has 0 aromatic heterocycles. The number of likely N-dealkylation sites (tertiary alicyclic amines) is 1. The quantitative estimate of drug-likeness (QED) is 0.685. The van der Waals surface area contributed by atoms with Gasteiger partial charge in [0.25, 0.3) is 0 Å². The highest BCUT2D eigenvalue weighted by molar-refractivity contribution is 6.30. The molecule has 0 bridgehead atoms. The van der Waals surface area contributed by atoms with Crippen LogP contribution in [0.2, 0.25) is 5.02 Å². The zero-order chi connectivity index (χ0) is 21.5. The number of benzene rings is 2. The zero-order valence-corrected chi connectivity index (χ0v) is 18.5. The van der Waals surface area contributed by atoms with Gasteiger partial charge in [-0.3, -0.25) is 9.69 Å². The van der Waals surface area contributed by atoms with Crippen LogP contribution in [-0.2, 0) is 17.9 Å². The summed E-state index contributed by atoms with van der Waals surface area (Å²) in [6, 6.07) is 11.6. The van der Waals surface area contributed by atoms with Gasteiger partial charge in [0.2, 0.25) is 11.7 Å². The number of hydrogen-bond donors (Lipinski definition) is 1. The Hall–Kier alpha value is -2.44. The van der Waals surface area contributed by atoms with Crippen LogP contribution in [0.4, 0.5) is 0 Å². The first-order valence-corrected chi connectivity index (χ1v) is 10.5. The summed E-state index contributed by atoms with van der Waals surface area (Å²) in [7, 11) is 4.73. The summed E-state index contributed by atoms with van der Waals surface area (Å²) < 4.78 is 16.2. The lowest BCUT2D eigenvalue weighted by Gasteiger charge is -2.31. The first kappa shape index (κ1) is 22.2. The third kappa shape index (κ3) is 5.37. The zero-order valence-electron chi connectivity index (χ0n) is 17.7. The van der Waals surface area contributed by atoms with E-state index in [1.54, 1.807) is 21.3 Å². The number of ether oxygens (including phenoxy) is 3. The summed E-state index contributed by atoms with van der Waals surface area (Å²) in [6.45, 7) is 3.07. The highest BCUT2D eigenvalue weighted by Crippen LogP contribution is 2.39. The van der Waals surface area contributed by atoms with Crippen LogP contribution in [0, 0.1) is 5.92 Å². The Labute approximate surface area is 183 Å². The second kappa shape index (κ2) is 10.5. The fraction of sp³-hybridized carbons (Fsp3) is 0.435. The van der Waals surface area contributed by atoms with Crippen molar-refractivity contribution in [1.82, 2.24) is 10.2 Å². The Morgan fingerprint density at radius 3 is 2.27 bits per heavy atom. The Balaban J connectivity index is 1.52. The Bertz CT molecular complexity index is 849. The number of nitrogens with one attached hydrogen (secondary N) is 1. The molecule has 2 aromatic carbocycles. The smallest absolute Gasteiger partial charge is 0.223 e. The fourth-order valence-electron chi connectivity index (χ4n) is 3.83. The van der Waals surface area contributed by atoms with Crippen LogP contribution in [-0.4, -0.2) is 45.2 Å². The average Bonchev–Trinajstić information content (AvgIpc) is 2.78. The minimum Gasteiger partial charge on any atom is -0.493 e. The van der Waals surface area contributed by atoms with E-state index in [1.807, 2.05) is 24.3 Å². The molecule has 0 saturated carbocycles. The molecule has 0 unspecified atom stereocenters. The van der Waals surface area contributed by atoms with Crippen LogP contribution in [0.5, 0.6) is 17.2 Å². The highest BCUT2D eigenvalue weighted by atomic mass is 35.5. The number of nitrogens with zero attached hydrogens (tertiary/aromatic N) is 1. The van der Waals surface area contributed by atoms with Crippen molar-refractivity contribution in [2.24, 2.45) is 5.92 Å². The molecule has 1 fully saturated rings. The molecular formula is C23H29ClN2O4. The topological polar surface area (TPSA) is 60.0 Å². The molecule has 7 heteroatoms. The number of amides is 1. The normalized spacial score (nSPS) is 14.9. The van der Waals surface area contributed by atoms with E-state index in [1.165, 1.54) is 5.56 Å². The van der Waals surface area contributed by atoms with Crippen molar-refractivity contribution in [3.05, 3.63) is 52.5 Å². The number of rotatable bonds is 8. The van der Waals surface area contributed by atoms with Gasteiger partial charge in [0, 0.05) is 29.6 Å².